The lowest BCUT2D eigenvalue weighted by Crippen LogP contribution is -2.11. The number of epoxide rings is 1. The molecule has 0 aliphatic carbocycles. The smallest absolute Gasteiger partial charge is 0.256 e. The molecule has 0 N–H and O–H groups in total. The van der Waals surface area contributed by atoms with E-state index in [0.29, 0.717) is 6.10 Å². The Bertz CT molecular complexity index is 49.9. The minimum absolute atomic E-state index is 0.426. The van der Waals surface area contributed by atoms with Gasteiger partial charge in [0, 0.05) is 0 Å². The summed E-state index contributed by atoms with van der Waals surface area (Å²) in [6.45, 7) is 0.801. The first-order chi connectivity index (χ1) is 2.47. The van der Waals surface area contributed by atoms with Crippen molar-refractivity contribution >= 4 is 0 Å². The average Bonchev–Trinajstić information content (AvgIpc) is 1.74. The van der Waals surface area contributed by atoms with Crippen LogP contribution in [0, 0.1) is 6.29 Å². The van der Waals surface area contributed by atoms with Gasteiger partial charge in [-0.2, -0.15) is 0 Å². The van der Waals surface area contributed by atoms with Crippen molar-refractivity contribution in [3.63, 3.8) is 0 Å². The van der Waals surface area contributed by atoms with E-state index in [1.54, 1.807) is 0 Å². The van der Waals surface area contributed by atoms with Gasteiger partial charge in [-0.05, 0) is 0 Å². The van der Waals surface area contributed by atoms with Crippen LogP contribution in [0.5, 0.6) is 0 Å². The van der Waals surface area contributed by atoms with E-state index in [1.165, 1.54) is 0 Å². The summed E-state index contributed by atoms with van der Waals surface area (Å²) in [4.78, 5) is 0. The number of ether oxygens (including phenoxy) is 2. The first-order valence-electron chi connectivity index (χ1n) is 1.63. The number of hydrogen-bond donors (Lipinski definition) is 0. The van der Waals surface area contributed by atoms with E-state index in [4.69, 9.17) is 9.47 Å². The summed E-state index contributed by atoms with van der Waals surface area (Å²) in [5.74, 6) is 0. The van der Waals surface area contributed by atoms with Crippen molar-refractivity contribution in [1.29, 1.82) is 0 Å². The van der Waals surface area contributed by atoms with Gasteiger partial charge < -0.3 is 9.47 Å². The number of fused-ring (bicyclic) bond motifs is 1. The van der Waals surface area contributed by atoms with Crippen molar-refractivity contribution in [2.24, 2.45) is 0 Å². The van der Waals surface area contributed by atoms with Gasteiger partial charge in [0.2, 0.25) is 0 Å². The SMILES string of the molecule is C1O[C]2OC12. The first kappa shape index (κ1) is 2.16. The molecule has 2 fully saturated rings. The average molecular weight is 71.1 g/mol. The van der Waals surface area contributed by atoms with E-state index >= 15 is 0 Å². The predicted octanol–water partition coefficient (Wildman–Crippen LogP) is -0.0951. The maximum Gasteiger partial charge on any atom is 0.256 e. The molecule has 0 saturated carbocycles. The third kappa shape index (κ3) is 0.121. The van der Waals surface area contributed by atoms with Crippen molar-refractivity contribution in [3.05, 3.63) is 6.29 Å². The van der Waals surface area contributed by atoms with Crippen LogP contribution in [0.3, 0.4) is 0 Å². The third-order valence-corrected chi connectivity index (χ3v) is 0.841. The zero-order chi connectivity index (χ0) is 3.28. The Morgan fingerprint density at radius 3 is 2.60 bits per heavy atom. The Hall–Kier alpha value is -0.0800. The maximum absolute atomic E-state index is 4.72. The fraction of sp³-hybridized carbons (Fsp3) is 0.667. The molecule has 1 unspecified atom stereocenters. The van der Waals surface area contributed by atoms with Crippen LogP contribution in [0.2, 0.25) is 0 Å². The largest absolute Gasteiger partial charge is 0.340 e. The molecule has 0 spiro atoms. The molecule has 27 valence electrons. The Kier molecular flexibility index (Phi) is 0.181. The van der Waals surface area contributed by atoms with Crippen LogP contribution in [0.15, 0.2) is 0 Å². The molecule has 2 rings (SSSR count). The standard InChI is InChI=1S/C3H3O2/c1-2-3(4-1)5-2/h2H,1H2. The van der Waals surface area contributed by atoms with E-state index in [1.807, 2.05) is 0 Å². The van der Waals surface area contributed by atoms with Crippen molar-refractivity contribution in [2.45, 2.75) is 6.10 Å². The molecule has 2 saturated heterocycles. The molecule has 5 heavy (non-hydrogen) atoms. The van der Waals surface area contributed by atoms with Crippen molar-refractivity contribution in [1.82, 2.24) is 0 Å². The zero-order valence-electron chi connectivity index (χ0n) is 2.60. The molecule has 0 aromatic carbocycles. The highest BCUT2D eigenvalue weighted by Gasteiger charge is 2.52. The zero-order valence-corrected chi connectivity index (χ0v) is 2.60. The molecule has 0 amide bonds. The molecule has 1 radical (unpaired) electrons. The molecular formula is C3H3O2. The predicted molar refractivity (Wildman–Crippen MR) is 14.1 cm³/mol. The molecule has 2 nitrogen and oxygen atoms in total. The lowest BCUT2D eigenvalue weighted by Gasteiger charge is -1.99. The molecule has 0 aromatic rings. The van der Waals surface area contributed by atoms with E-state index < -0.39 is 0 Å². The molecule has 0 aromatic heterocycles. The number of rotatable bonds is 0. The van der Waals surface area contributed by atoms with Gasteiger partial charge in [-0.15, -0.1) is 0 Å². The van der Waals surface area contributed by atoms with Gasteiger partial charge in [0.15, 0.2) is 0 Å². The second kappa shape index (κ2) is 0.420. The van der Waals surface area contributed by atoms with Crippen LogP contribution < -0.4 is 0 Å². The highest BCUT2D eigenvalue weighted by molar-refractivity contribution is 5.02. The monoisotopic (exact) mass is 71.0 g/mol. The van der Waals surface area contributed by atoms with Crippen LogP contribution in [0.1, 0.15) is 0 Å². The van der Waals surface area contributed by atoms with E-state index in [-0.39, 0.29) is 0 Å². The van der Waals surface area contributed by atoms with E-state index in [2.05, 4.69) is 0 Å². The molecule has 2 aliphatic rings. The second-order valence-corrected chi connectivity index (χ2v) is 1.24. The second-order valence-electron chi connectivity index (χ2n) is 1.24. The van der Waals surface area contributed by atoms with Gasteiger partial charge in [0.1, 0.15) is 6.10 Å². The Balaban J connectivity index is 2.19. The van der Waals surface area contributed by atoms with Gasteiger partial charge in [-0.1, -0.05) is 0 Å². The van der Waals surface area contributed by atoms with Gasteiger partial charge in [0.05, 0.1) is 6.61 Å². The summed E-state index contributed by atoms with van der Waals surface area (Å²) in [5.41, 5.74) is 0. The summed E-state index contributed by atoms with van der Waals surface area (Å²) in [7, 11) is 0. The van der Waals surface area contributed by atoms with Gasteiger partial charge in [0.25, 0.3) is 6.29 Å². The summed E-state index contributed by atoms with van der Waals surface area (Å²) in [5, 5.41) is 0. The van der Waals surface area contributed by atoms with Crippen LogP contribution in [-0.4, -0.2) is 12.7 Å². The highest BCUT2D eigenvalue weighted by atomic mass is 16.8. The molecule has 2 heterocycles. The van der Waals surface area contributed by atoms with Crippen molar-refractivity contribution < 1.29 is 9.47 Å². The Morgan fingerprint density at radius 2 is 2.60 bits per heavy atom. The number of hydrogen-bond acceptors (Lipinski definition) is 2. The van der Waals surface area contributed by atoms with Crippen molar-refractivity contribution in [3.8, 4) is 0 Å². The summed E-state index contributed by atoms with van der Waals surface area (Å²) in [6.07, 6.45) is 1.28. The molecular weight excluding hydrogens is 68.0 g/mol. The van der Waals surface area contributed by atoms with Crippen LogP contribution in [0.25, 0.3) is 0 Å². The topological polar surface area (TPSA) is 21.8 Å². The van der Waals surface area contributed by atoms with E-state index in [9.17, 15) is 0 Å². The fourth-order valence-electron chi connectivity index (χ4n) is 0.394. The lowest BCUT2D eigenvalue weighted by atomic mass is 10.4. The highest BCUT2D eigenvalue weighted by Crippen LogP contribution is 2.41. The van der Waals surface area contributed by atoms with Gasteiger partial charge >= 0.3 is 0 Å². The first-order valence-corrected chi connectivity index (χ1v) is 1.63. The summed E-state index contributed by atoms with van der Waals surface area (Å²) < 4.78 is 9.42. The Labute approximate surface area is 29.7 Å². The molecule has 0 bridgehead atoms. The fourth-order valence-corrected chi connectivity index (χ4v) is 0.394. The normalized spacial score (nSPS) is 46.8. The summed E-state index contributed by atoms with van der Waals surface area (Å²) in [6, 6.07) is 0. The third-order valence-electron chi connectivity index (χ3n) is 0.841. The minimum Gasteiger partial charge on any atom is -0.340 e. The van der Waals surface area contributed by atoms with E-state index in [0.717, 1.165) is 12.9 Å². The molecule has 2 aliphatic heterocycles. The van der Waals surface area contributed by atoms with Crippen LogP contribution >= 0.6 is 0 Å². The summed E-state index contributed by atoms with van der Waals surface area (Å²) >= 11 is 0. The maximum atomic E-state index is 4.72. The Morgan fingerprint density at radius 1 is 1.80 bits per heavy atom. The quantitative estimate of drug-likeness (QED) is 0.372. The molecule has 1 atom stereocenters. The minimum atomic E-state index is 0.426. The van der Waals surface area contributed by atoms with Crippen LogP contribution in [0.4, 0.5) is 0 Å². The molecule has 2 heteroatoms. The van der Waals surface area contributed by atoms with Gasteiger partial charge in [-0.3, -0.25) is 0 Å². The lowest BCUT2D eigenvalue weighted by molar-refractivity contribution is 0.118. The van der Waals surface area contributed by atoms with Crippen molar-refractivity contribution in [2.75, 3.05) is 6.61 Å². The van der Waals surface area contributed by atoms with Crippen LogP contribution in [-0.2, 0) is 9.47 Å². The van der Waals surface area contributed by atoms with Gasteiger partial charge in [-0.25, -0.2) is 0 Å².